The van der Waals surface area contributed by atoms with Gasteiger partial charge >= 0.3 is 5.97 Å². The van der Waals surface area contributed by atoms with E-state index in [2.05, 4.69) is 5.92 Å². The summed E-state index contributed by atoms with van der Waals surface area (Å²) >= 11 is 0. The van der Waals surface area contributed by atoms with Crippen LogP contribution in [0.2, 0.25) is 0 Å². The number of hydrogen-bond acceptors (Lipinski definition) is 3. The maximum absolute atomic E-state index is 10.1. The molecule has 0 saturated carbocycles. The first-order valence-electron chi connectivity index (χ1n) is 3.10. The highest BCUT2D eigenvalue weighted by atomic mass is 16.6. The Balaban J connectivity index is 2.35. The second-order valence-corrected chi connectivity index (χ2v) is 2.31. The minimum absolute atomic E-state index is 0.288. The summed E-state index contributed by atoms with van der Waals surface area (Å²) in [6.07, 6.45) is 5.11. The second kappa shape index (κ2) is 2.91. The van der Waals surface area contributed by atoms with Crippen LogP contribution in [0.25, 0.3) is 0 Å². The van der Waals surface area contributed by atoms with Crippen LogP contribution < -0.4 is 0 Å². The number of rotatable bonds is 3. The standard InChI is InChI=1S/C7H8O4/c1-2-7(4-10-5-7)11-3-6(8)9/h1H,3-5H2,(H,8,9). The van der Waals surface area contributed by atoms with Crippen molar-refractivity contribution in [2.75, 3.05) is 19.8 Å². The molecule has 0 aromatic rings. The molecule has 0 amide bonds. The van der Waals surface area contributed by atoms with Gasteiger partial charge in [-0.25, -0.2) is 4.79 Å². The molecule has 1 aliphatic rings. The van der Waals surface area contributed by atoms with Crippen LogP contribution in [0.1, 0.15) is 0 Å². The predicted molar refractivity (Wildman–Crippen MR) is 36.0 cm³/mol. The molecule has 0 aromatic heterocycles. The molecule has 11 heavy (non-hydrogen) atoms. The third-order valence-electron chi connectivity index (χ3n) is 1.41. The van der Waals surface area contributed by atoms with Crippen molar-refractivity contribution in [2.45, 2.75) is 5.60 Å². The molecule has 0 spiro atoms. The molecule has 0 unspecified atom stereocenters. The van der Waals surface area contributed by atoms with Gasteiger partial charge in [0.2, 0.25) is 0 Å². The Kier molecular flexibility index (Phi) is 2.13. The highest BCUT2D eigenvalue weighted by Crippen LogP contribution is 2.20. The van der Waals surface area contributed by atoms with E-state index in [-0.39, 0.29) is 19.8 Å². The Morgan fingerprint density at radius 3 is 2.73 bits per heavy atom. The number of carboxylic acids is 1. The fourth-order valence-electron chi connectivity index (χ4n) is 0.696. The molecule has 60 valence electrons. The van der Waals surface area contributed by atoms with E-state index in [0.717, 1.165) is 0 Å². The second-order valence-electron chi connectivity index (χ2n) is 2.31. The number of carboxylic acid groups (broad SMARTS) is 1. The molecule has 1 aliphatic heterocycles. The fourth-order valence-corrected chi connectivity index (χ4v) is 0.696. The zero-order valence-electron chi connectivity index (χ0n) is 5.87. The van der Waals surface area contributed by atoms with Gasteiger partial charge in [0, 0.05) is 0 Å². The molecule has 1 fully saturated rings. The van der Waals surface area contributed by atoms with E-state index < -0.39 is 11.6 Å². The quantitative estimate of drug-likeness (QED) is 0.559. The van der Waals surface area contributed by atoms with Gasteiger partial charge in [-0.15, -0.1) is 6.42 Å². The largest absolute Gasteiger partial charge is 0.480 e. The first kappa shape index (κ1) is 8.05. The van der Waals surface area contributed by atoms with Crippen molar-refractivity contribution in [3.05, 3.63) is 0 Å². The van der Waals surface area contributed by atoms with Gasteiger partial charge in [0.1, 0.15) is 6.61 Å². The van der Waals surface area contributed by atoms with Crippen LogP contribution in [0, 0.1) is 12.3 Å². The molecule has 0 aromatic carbocycles. The normalized spacial score (nSPS) is 19.9. The van der Waals surface area contributed by atoms with E-state index in [1.807, 2.05) is 0 Å². The summed E-state index contributed by atoms with van der Waals surface area (Å²) in [7, 11) is 0. The molecule has 1 rings (SSSR count). The number of hydrogen-bond donors (Lipinski definition) is 1. The third-order valence-corrected chi connectivity index (χ3v) is 1.41. The summed E-state index contributed by atoms with van der Waals surface area (Å²) in [5.41, 5.74) is -0.779. The summed E-state index contributed by atoms with van der Waals surface area (Å²) in [4.78, 5) is 10.1. The summed E-state index contributed by atoms with van der Waals surface area (Å²) in [5.74, 6) is 1.34. The Hall–Kier alpha value is -1.05. The van der Waals surface area contributed by atoms with Crippen molar-refractivity contribution in [3.8, 4) is 12.3 Å². The van der Waals surface area contributed by atoms with Gasteiger partial charge in [-0.2, -0.15) is 0 Å². The van der Waals surface area contributed by atoms with E-state index in [9.17, 15) is 4.79 Å². The lowest BCUT2D eigenvalue weighted by Crippen LogP contribution is -2.51. The SMILES string of the molecule is C#CC1(OCC(=O)O)COC1. The molecule has 4 heteroatoms. The zero-order chi connectivity index (χ0) is 8.32. The highest BCUT2D eigenvalue weighted by Gasteiger charge is 2.38. The van der Waals surface area contributed by atoms with Crippen molar-refractivity contribution in [1.29, 1.82) is 0 Å². The van der Waals surface area contributed by atoms with Gasteiger partial charge in [-0.1, -0.05) is 5.92 Å². The molecule has 0 bridgehead atoms. The molecular formula is C7H8O4. The molecular weight excluding hydrogens is 148 g/mol. The predicted octanol–water partition coefficient (Wildman–Crippen LogP) is -0.510. The minimum atomic E-state index is -1.02. The topological polar surface area (TPSA) is 55.8 Å². The van der Waals surface area contributed by atoms with Crippen molar-refractivity contribution < 1.29 is 19.4 Å². The monoisotopic (exact) mass is 156 g/mol. The van der Waals surface area contributed by atoms with Crippen molar-refractivity contribution in [2.24, 2.45) is 0 Å². The first-order chi connectivity index (χ1) is 5.18. The van der Waals surface area contributed by atoms with Crippen molar-refractivity contribution in [1.82, 2.24) is 0 Å². The maximum Gasteiger partial charge on any atom is 0.329 e. The average molecular weight is 156 g/mol. The van der Waals surface area contributed by atoms with Gasteiger partial charge in [0.15, 0.2) is 5.60 Å². The lowest BCUT2D eigenvalue weighted by atomic mass is 10.0. The van der Waals surface area contributed by atoms with Crippen LogP contribution in [0.4, 0.5) is 0 Å². The Morgan fingerprint density at radius 2 is 2.45 bits per heavy atom. The average Bonchev–Trinajstić information content (AvgIpc) is 1.86. The number of terminal acetylenes is 1. The van der Waals surface area contributed by atoms with Crippen LogP contribution in [0.5, 0.6) is 0 Å². The Morgan fingerprint density at radius 1 is 1.82 bits per heavy atom. The van der Waals surface area contributed by atoms with E-state index in [4.69, 9.17) is 21.0 Å². The zero-order valence-corrected chi connectivity index (χ0v) is 5.87. The summed E-state index contributed by atoms with van der Waals surface area (Å²) in [6, 6.07) is 0. The first-order valence-corrected chi connectivity index (χ1v) is 3.10. The smallest absolute Gasteiger partial charge is 0.329 e. The molecule has 4 nitrogen and oxygen atoms in total. The van der Waals surface area contributed by atoms with Crippen LogP contribution in [0.3, 0.4) is 0 Å². The third kappa shape index (κ3) is 1.70. The summed E-state index contributed by atoms with van der Waals surface area (Å²) < 4.78 is 9.72. The van der Waals surface area contributed by atoms with Gasteiger partial charge in [0.05, 0.1) is 13.2 Å². The lowest BCUT2D eigenvalue weighted by Gasteiger charge is -2.35. The molecule has 1 heterocycles. The number of aliphatic carboxylic acids is 1. The van der Waals surface area contributed by atoms with E-state index in [1.165, 1.54) is 0 Å². The lowest BCUT2D eigenvalue weighted by molar-refractivity contribution is -0.185. The van der Waals surface area contributed by atoms with Crippen LogP contribution in [-0.4, -0.2) is 36.5 Å². The fraction of sp³-hybridized carbons (Fsp3) is 0.571. The van der Waals surface area contributed by atoms with Crippen molar-refractivity contribution >= 4 is 5.97 Å². The molecule has 0 radical (unpaired) electrons. The highest BCUT2D eigenvalue weighted by molar-refractivity contribution is 5.68. The van der Waals surface area contributed by atoms with E-state index in [1.54, 1.807) is 0 Å². The van der Waals surface area contributed by atoms with E-state index in [0.29, 0.717) is 0 Å². The van der Waals surface area contributed by atoms with Gasteiger partial charge < -0.3 is 14.6 Å². The molecule has 1 N–H and O–H groups in total. The number of ether oxygens (including phenoxy) is 2. The number of carbonyl (C=O) groups is 1. The van der Waals surface area contributed by atoms with Gasteiger partial charge in [-0.05, 0) is 0 Å². The summed E-state index contributed by atoms with van der Waals surface area (Å²) in [6.45, 7) is 0.209. The van der Waals surface area contributed by atoms with Crippen LogP contribution >= 0.6 is 0 Å². The van der Waals surface area contributed by atoms with Gasteiger partial charge in [0.25, 0.3) is 0 Å². The summed E-state index contributed by atoms with van der Waals surface area (Å²) in [5, 5.41) is 8.26. The maximum atomic E-state index is 10.1. The van der Waals surface area contributed by atoms with Crippen LogP contribution in [0.15, 0.2) is 0 Å². The van der Waals surface area contributed by atoms with Gasteiger partial charge in [-0.3, -0.25) is 0 Å². The molecule has 0 aliphatic carbocycles. The molecule has 0 atom stereocenters. The Labute approximate surface area is 64.1 Å². The van der Waals surface area contributed by atoms with Crippen molar-refractivity contribution in [3.63, 3.8) is 0 Å². The minimum Gasteiger partial charge on any atom is -0.480 e. The Bertz CT molecular complexity index is 199. The molecule has 1 saturated heterocycles. The van der Waals surface area contributed by atoms with Crippen LogP contribution in [-0.2, 0) is 14.3 Å². The van der Waals surface area contributed by atoms with E-state index >= 15 is 0 Å².